The summed E-state index contributed by atoms with van der Waals surface area (Å²) in [5.74, 6) is 0.546. The van der Waals surface area contributed by atoms with Crippen molar-refractivity contribution >= 4 is 11.7 Å². The van der Waals surface area contributed by atoms with Crippen molar-refractivity contribution in [3.05, 3.63) is 35.9 Å². The second-order valence-corrected chi connectivity index (χ2v) is 7.10. The SMILES string of the molecule is O=C(N[C@@H]1[C@@H]2CCO[C@@H]2[C@@H]1C1CCCC1)C(=O)c1ccccc1. The van der Waals surface area contributed by atoms with Crippen LogP contribution in [0.2, 0.25) is 0 Å². The summed E-state index contributed by atoms with van der Waals surface area (Å²) in [7, 11) is 0. The van der Waals surface area contributed by atoms with Gasteiger partial charge in [-0.1, -0.05) is 56.0 Å². The predicted octanol–water partition coefficient (Wildman–Crippen LogP) is 2.58. The largest absolute Gasteiger partial charge is 0.377 e. The number of hydrogen-bond donors (Lipinski definition) is 1. The van der Waals surface area contributed by atoms with E-state index in [4.69, 9.17) is 4.74 Å². The van der Waals surface area contributed by atoms with Gasteiger partial charge in [-0.2, -0.15) is 0 Å². The second-order valence-electron chi connectivity index (χ2n) is 7.10. The molecule has 0 spiro atoms. The summed E-state index contributed by atoms with van der Waals surface area (Å²) >= 11 is 0. The Balaban J connectivity index is 1.46. The molecule has 4 nitrogen and oxygen atoms in total. The molecular formula is C19H23NO3. The van der Waals surface area contributed by atoms with Crippen LogP contribution in [0.4, 0.5) is 0 Å². The molecule has 4 atom stereocenters. The van der Waals surface area contributed by atoms with E-state index in [-0.39, 0.29) is 6.04 Å². The number of fused-ring (bicyclic) bond motifs is 1. The lowest BCUT2D eigenvalue weighted by molar-refractivity contribution is -0.125. The van der Waals surface area contributed by atoms with Gasteiger partial charge in [0.2, 0.25) is 5.78 Å². The fraction of sp³-hybridized carbons (Fsp3) is 0.579. The monoisotopic (exact) mass is 313 g/mol. The fourth-order valence-corrected chi connectivity index (χ4v) is 4.80. The molecule has 1 amide bonds. The van der Waals surface area contributed by atoms with Crippen LogP contribution in [-0.4, -0.2) is 30.4 Å². The van der Waals surface area contributed by atoms with E-state index in [1.807, 2.05) is 6.07 Å². The number of amides is 1. The number of benzene rings is 1. The number of carbonyl (C=O) groups excluding carboxylic acids is 2. The smallest absolute Gasteiger partial charge is 0.292 e. The molecule has 1 heterocycles. The topological polar surface area (TPSA) is 55.4 Å². The van der Waals surface area contributed by atoms with Gasteiger partial charge in [-0.25, -0.2) is 0 Å². The van der Waals surface area contributed by atoms with Gasteiger partial charge in [0.15, 0.2) is 0 Å². The van der Waals surface area contributed by atoms with Crippen molar-refractivity contribution in [1.82, 2.24) is 5.32 Å². The van der Waals surface area contributed by atoms with Gasteiger partial charge >= 0.3 is 0 Å². The number of rotatable bonds is 4. The van der Waals surface area contributed by atoms with E-state index in [9.17, 15) is 9.59 Å². The van der Waals surface area contributed by atoms with Gasteiger partial charge in [0.1, 0.15) is 0 Å². The fourth-order valence-electron chi connectivity index (χ4n) is 4.80. The highest BCUT2D eigenvalue weighted by Crippen LogP contribution is 2.51. The van der Waals surface area contributed by atoms with Crippen LogP contribution in [0.1, 0.15) is 42.5 Å². The molecule has 3 aliphatic rings. The van der Waals surface area contributed by atoms with Crippen LogP contribution in [-0.2, 0) is 9.53 Å². The molecule has 0 bridgehead atoms. The minimum Gasteiger partial charge on any atom is -0.377 e. The van der Waals surface area contributed by atoms with Crippen LogP contribution >= 0.6 is 0 Å². The van der Waals surface area contributed by atoms with Crippen molar-refractivity contribution in [2.45, 2.75) is 44.2 Å². The number of Topliss-reactive ketones (excluding diaryl/α,β-unsaturated/α-hetero) is 1. The Morgan fingerprint density at radius 1 is 1.04 bits per heavy atom. The first-order valence-corrected chi connectivity index (χ1v) is 8.77. The lowest BCUT2D eigenvalue weighted by Crippen LogP contribution is -2.64. The first kappa shape index (κ1) is 14.9. The molecule has 0 radical (unpaired) electrons. The molecule has 2 saturated carbocycles. The van der Waals surface area contributed by atoms with Crippen LogP contribution in [0.5, 0.6) is 0 Å². The third kappa shape index (κ3) is 2.59. The van der Waals surface area contributed by atoms with E-state index in [1.165, 1.54) is 25.7 Å². The second kappa shape index (κ2) is 6.08. The summed E-state index contributed by atoms with van der Waals surface area (Å²) in [4.78, 5) is 24.7. The maximum atomic E-state index is 12.4. The number of carbonyl (C=O) groups is 2. The van der Waals surface area contributed by atoms with E-state index in [0.717, 1.165) is 13.0 Å². The van der Waals surface area contributed by atoms with Crippen molar-refractivity contribution in [3.63, 3.8) is 0 Å². The third-order valence-corrected chi connectivity index (χ3v) is 5.92. The zero-order valence-electron chi connectivity index (χ0n) is 13.2. The highest BCUT2D eigenvalue weighted by molar-refractivity contribution is 6.42. The number of hydrogen-bond acceptors (Lipinski definition) is 3. The maximum Gasteiger partial charge on any atom is 0.292 e. The van der Waals surface area contributed by atoms with Gasteiger partial charge in [0.25, 0.3) is 5.91 Å². The highest BCUT2D eigenvalue weighted by Gasteiger charge is 2.57. The lowest BCUT2D eigenvalue weighted by Gasteiger charge is -2.50. The minimum atomic E-state index is -0.463. The normalized spacial score (nSPS) is 33.0. The van der Waals surface area contributed by atoms with Crippen molar-refractivity contribution < 1.29 is 14.3 Å². The van der Waals surface area contributed by atoms with Crippen LogP contribution in [0.25, 0.3) is 0 Å². The van der Waals surface area contributed by atoms with Gasteiger partial charge in [0, 0.05) is 30.0 Å². The van der Waals surface area contributed by atoms with E-state index >= 15 is 0 Å². The zero-order chi connectivity index (χ0) is 15.8. The molecule has 122 valence electrons. The van der Waals surface area contributed by atoms with E-state index in [0.29, 0.717) is 29.4 Å². The van der Waals surface area contributed by atoms with E-state index < -0.39 is 11.7 Å². The summed E-state index contributed by atoms with van der Waals surface area (Å²) < 4.78 is 5.90. The Kier molecular flexibility index (Phi) is 3.93. The predicted molar refractivity (Wildman–Crippen MR) is 86.0 cm³/mol. The Hall–Kier alpha value is -1.68. The molecule has 1 aliphatic heterocycles. The van der Waals surface area contributed by atoms with Crippen molar-refractivity contribution in [1.29, 1.82) is 0 Å². The lowest BCUT2D eigenvalue weighted by atomic mass is 9.61. The summed E-state index contributed by atoms with van der Waals surface area (Å²) in [6.45, 7) is 0.789. The standard InChI is InChI=1S/C19H23NO3/c21-17(13-8-2-1-3-9-13)19(22)20-16-14-10-11-23-18(14)15(16)12-6-4-5-7-12/h1-3,8-9,12,14-16,18H,4-7,10-11H2,(H,20,22)/t14-,15+,16+,18-/m0/s1. The molecular weight excluding hydrogens is 290 g/mol. The van der Waals surface area contributed by atoms with E-state index in [2.05, 4.69) is 5.32 Å². The molecule has 1 aromatic rings. The van der Waals surface area contributed by atoms with Gasteiger partial charge in [-0.15, -0.1) is 0 Å². The van der Waals surface area contributed by atoms with Gasteiger partial charge in [-0.3, -0.25) is 9.59 Å². The van der Waals surface area contributed by atoms with Crippen LogP contribution in [0.3, 0.4) is 0 Å². The van der Waals surface area contributed by atoms with Gasteiger partial charge in [0.05, 0.1) is 6.10 Å². The summed E-state index contributed by atoms with van der Waals surface area (Å²) in [6.07, 6.45) is 6.32. The molecule has 1 N–H and O–H groups in total. The first-order valence-electron chi connectivity index (χ1n) is 8.77. The zero-order valence-corrected chi connectivity index (χ0v) is 13.2. The van der Waals surface area contributed by atoms with E-state index in [1.54, 1.807) is 24.3 Å². The van der Waals surface area contributed by atoms with Gasteiger partial charge in [-0.05, 0) is 12.3 Å². The Morgan fingerprint density at radius 3 is 2.52 bits per heavy atom. The Bertz CT molecular complexity index is 589. The highest BCUT2D eigenvalue weighted by atomic mass is 16.5. The molecule has 4 rings (SSSR count). The molecule has 4 heteroatoms. The molecule has 23 heavy (non-hydrogen) atoms. The molecule has 0 unspecified atom stereocenters. The van der Waals surface area contributed by atoms with Crippen molar-refractivity contribution in [2.75, 3.05) is 6.61 Å². The average Bonchev–Trinajstić information content (AvgIpc) is 3.23. The molecule has 1 saturated heterocycles. The third-order valence-electron chi connectivity index (χ3n) is 5.92. The molecule has 3 fully saturated rings. The van der Waals surface area contributed by atoms with Gasteiger partial charge < -0.3 is 10.1 Å². The molecule has 2 aliphatic carbocycles. The number of ketones is 1. The number of nitrogens with one attached hydrogen (secondary N) is 1. The quantitative estimate of drug-likeness (QED) is 0.686. The Morgan fingerprint density at radius 2 is 1.78 bits per heavy atom. The molecule has 0 aromatic heterocycles. The summed E-state index contributed by atoms with van der Waals surface area (Å²) in [6, 6.07) is 8.91. The Labute approximate surface area is 136 Å². The number of ether oxygens (including phenoxy) is 1. The maximum absolute atomic E-state index is 12.4. The van der Waals surface area contributed by atoms with Crippen LogP contribution in [0, 0.1) is 17.8 Å². The summed E-state index contributed by atoms with van der Waals surface area (Å²) in [5, 5.41) is 3.04. The van der Waals surface area contributed by atoms with Crippen LogP contribution in [0.15, 0.2) is 30.3 Å². The van der Waals surface area contributed by atoms with Crippen molar-refractivity contribution in [3.8, 4) is 0 Å². The first-order chi connectivity index (χ1) is 11.3. The minimum absolute atomic E-state index is 0.116. The summed E-state index contributed by atoms with van der Waals surface area (Å²) in [5.41, 5.74) is 0.459. The van der Waals surface area contributed by atoms with Crippen molar-refractivity contribution in [2.24, 2.45) is 17.8 Å². The molecule has 1 aromatic carbocycles. The average molecular weight is 313 g/mol. The van der Waals surface area contributed by atoms with Crippen LogP contribution < -0.4 is 5.32 Å².